The van der Waals surface area contributed by atoms with Gasteiger partial charge in [0.1, 0.15) is 5.82 Å². The van der Waals surface area contributed by atoms with Gasteiger partial charge in [-0.3, -0.25) is 9.59 Å². The van der Waals surface area contributed by atoms with E-state index in [4.69, 9.17) is 0 Å². The minimum absolute atomic E-state index is 0.0936. The molecule has 0 aliphatic carbocycles. The molecule has 0 radical (unpaired) electrons. The minimum atomic E-state index is -0.175. The van der Waals surface area contributed by atoms with Crippen LogP contribution in [0.2, 0.25) is 0 Å². The Bertz CT molecular complexity index is 960. The Hall–Kier alpha value is -2.95. The van der Waals surface area contributed by atoms with E-state index in [2.05, 4.69) is 29.1 Å². The molecule has 0 saturated heterocycles. The molecule has 0 bridgehead atoms. The van der Waals surface area contributed by atoms with Crippen LogP contribution in [0.1, 0.15) is 37.6 Å². The van der Waals surface area contributed by atoms with Crippen LogP contribution in [0, 0.1) is 0 Å². The molecule has 2 aromatic carbocycles. The number of para-hydroxylation sites is 2. The lowest BCUT2D eigenvalue weighted by Crippen LogP contribution is -2.17. The zero-order chi connectivity index (χ0) is 17.8. The van der Waals surface area contributed by atoms with Gasteiger partial charge < -0.3 is 10.3 Å². The SMILES string of the molecule is CC(C)c1ccccc1NC(=O)CCc1nc2ccccc2c(=O)[nH]1. The van der Waals surface area contributed by atoms with Crippen LogP contribution in [0.4, 0.5) is 5.69 Å². The Balaban J connectivity index is 1.70. The highest BCUT2D eigenvalue weighted by molar-refractivity contribution is 5.91. The smallest absolute Gasteiger partial charge is 0.258 e. The number of amides is 1. The molecule has 3 aromatic rings. The van der Waals surface area contributed by atoms with E-state index >= 15 is 0 Å². The second kappa shape index (κ2) is 7.30. The van der Waals surface area contributed by atoms with Crippen molar-refractivity contribution in [1.82, 2.24) is 9.97 Å². The Labute approximate surface area is 146 Å². The normalized spacial score (nSPS) is 11.0. The van der Waals surface area contributed by atoms with Crippen molar-refractivity contribution in [3.63, 3.8) is 0 Å². The van der Waals surface area contributed by atoms with Gasteiger partial charge in [0.15, 0.2) is 0 Å². The molecule has 3 rings (SSSR count). The van der Waals surface area contributed by atoms with Crippen molar-refractivity contribution in [3.8, 4) is 0 Å². The van der Waals surface area contributed by atoms with Crippen molar-refractivity contribution < 1.29 is 4.79 Å². The van der Waals surface area contributed by atoms with Crippen LogP contribution in [0.3, 0.4) is 0 Å². The number of rotatable bonds is 5. The third-order valence-corrected chi connectivity index (χ3v) is 4.11. The molecule has 2 N–H and O–H groups in total. The molecule has 128 valence electrons. The maximum atomic E-state index is 12.3. The van der Waals surface area contributed by atoms with Crippen LogP contribution in [-0.4, -0.2) is 15.9 Å². The average Bonchev–Trinajstić information content (AvgIpc) is 2.60. The summed E-state index contributed by atoms with van der Waals surface area (Å²) in [7, 11) is 0. The molecule has 0 spiro atoms. The van der Waals surface area contributed by atoms with E-state index in [-0.39, 0.29) is 17.9 Å². The standard InChI is InChI=1S/C20H21N3O2/c1-13(2)14-7-3-5-9-16(14)22-19(24)12-11-18-21-17-10-6-4-8-15(17)20(25)23-18/h3-10,13H,11-12H2,1-2H3,(H,22,24)(H,21,23,25). The Kier molecular flexibility index (Phi) is 4.93. The molecule has 25 heavy (non-hydrogen) atoms. The summed E-state index contributed by atoms with van der Waals surface area (Å²) in [4.78, 5) is 31.5. The number of hydrogen-bond acceptors (Lipinski definition) is 3. The summed E-state index contributed by atoms with van der Waals surface area (Å²) in [5.41, 5.74) is 2.41. The number of benzene rings is 2. The number of nitrogens with zero attached hydrogens (tertiary/aromatic N) is 1. The number of hydrogen-bond donors (Lipinski definition) is 2. The van der Waals surface area contributed by atoms with Gasteiger partial charge in [0.25, 0.3) is 5.56 Å². The van der Waals surface area contributed by atoms with Crippen molar-refractivity contribution >= 4 is 22.5 Å². The van der Waals surface area contributed by atoms with E-state index in [1.807, 2.05) is 30.3 Å². The summed E-state index contributed by atoms with van der Waals surface area (Å²) in [6, 6.07) is 15.0. The number of aryl methyl sites for hydroxylation is 1. The predicted octanol–water partition coefficient (Wildman–Crippen LogP) is 3.62. The zero-order valence-corrected chi connectivity index (χ0v) is 14.4. The lowest BCUT2D eigenvalue weighted by Gasteiger charge is -2.13. The van der Waals surface area contributed by atoms with Crippen LogP contribution >= 0.6 is 0 Å². The first-order chi connectivity index (χ1) is 12.0. The van der Waals surface area contributed by atoms with Gasteiger partial charge in [0.05, 0.1) is 10.9 Å². The first-order valence-corrected chi connectivity index (χ1v) is 8.41. The van der Waals surface area contributed by atoms with Gasteiger partial charge in [-0.05, 0) is 29.7 Å². The van der Waals surface area contributed by atoms with Crippen molar-refractivity contribution in [2.45, 2.75) is 32.6 Å². The molecule has 0 atom stereocenters. The molecule has 0 fully saturated rings. The van der Waals surface area contributed by atoms with Crippen LogP contribution in [0.15, 0.2) is 53.3 Å². The Morgan fingerprint density at radius 2 is 1.84 bits per heavy atom. The zero-order valence-electron chi connectivity index (χ0n) is 14.4. The largest absolute Gasteiger partial charge is 0.326 e. The number of nitrogens with one attached hydrogen (secondary N) is 2. The minimum Gasteiger partial charge on any atom is -0.326 e. The summed E-state index contributed by atoms with van der Waals surface area (Å²) in [6.07, 6.45) is 0.642. The molecule has 0 aliphatic heterocycles. The van der Waals surface area contributed by atoms with Crippen molar-refractivity contribution in [3.05, 3.63) is 70.3 Å². The monoisotopic (exact) mass is 335 g/mol. The molecule has 0 saturated carbocycles. The van der Waals surface area contributed by atoms with Gasteiger partial charge >= 0.3 is 0 Å². The van der Waals surface area contributed by atoms with E-state index in [0.717, 1.165) is 11.3 Å². The van der Waals surface area contributed by atoms with Gasteiger partial charge in [-0.2, -0.15) is 0 Å². The molecular weight excluding hydrogens is 314 g/mol. The maximum Gasteiger partial charge on any atom is 0.258 e. The van der Waals surface area contributed by atoms with E-state index < -0.39 is 0 Å². The number of H-pyrrole nitrogens is 1. The fraction of sp³-hybridized carbons (Fsp3) is 0.250. The summed E-state index contributed by atoms with van der Waals surface area (Å²) in [5.74, 6) is 0.759. The fourth-order valence-electron chi connectivity index (χ4n) is 2.81. The average molecular weight is 335 g/mol. The first-order valence-electron chi connectivity index (χ1n) is 8.41. The summed E-state index contributed by atoms with van der Waals surface area (Å²) in [6.45, 7) is 4.18. The van der Waals surface area contributed by atoms with Gasteiger partial charge in [-0.15, -0.1) is 0 Å². The van der Waals surface area contributed by atoms with Gasteiger partial charge in [0.2, 0.25) is 5.91 Å². The molecule has 1 amide bonds. The molecule has 0 unspecified atom stereocenters. The summed E-state index contributed by atoms with van der Waals surface area (Å²) < 4.78 is 0. The number of carbonyl (C=O) groups excluding carboxylic acids is 1. The van der Waals surface area contributed by atoms with Gasteiger partial charge in [-0.1, -0.05) is 44.2 Å². The van der Waals surface area contributed by atoms with Crippen LogP contribution < -0.4 is 10.9 Å². The van der Waals surface area contributed by atoms with Crippen molar-refractivity contribution in [2.75, 3.05) is 5.32 Å². The Morgan fingerprint density at radius 1 is 1.12 bits per heavy atom. The van der Waals surface area contributed by atoms with Gasteiger partial charge in [0, 0.05) is 18.5 Å². The number of aromatic nitrogens is 2. The van der Waals surface area contributed by atoms with E-state index in [9.17, 15) is 9.59 Å². The fourth-order valence-corrected chi connectivity index (χ4v) is 2.81. The van der Waals surface area contributed by atoms with Crippen molar-refractivity contribution in [2.24, 2.45) is 0 Å². The molecule has 1 aromatic heterocycles. The van der Waals surface area contributed by atoms with E-state index in [0.29, 0.717) is 29.1 Å². The lowest BCUT2D eigenvalue weighted by molar-refractivity contribution is -0.116. The highest BCUT2D eigenvalue weighted by Crippen LogP contribution is 2.23. The lowest BCUT2D eigenvalue weighted by atomic mass is 10.0. The third-order valence-electron chi connectivity index (χ3n) is 4.11. The summed E-state index contributed by atoms with van der Waals surface area (Å²) in [5, 5.41) is 3.51. The van der Waals surface area contributed by atoms with E-state index in [1.54, 1.807) is 18.2 Å². The number of carbonyl (C=O) groups is 1. The first kappa shape index (κ1) is 16.9. The predicted molar refractivity (Wildman–Crippen MR) is 99.8 cm³/mol. The second-order valence-electron chi connectivity index (χ2n) is 6.32. The van der Waals surface area contributed by atoms with Gasteiger partial charge in [-0.25, -0.2) is 4.98 Å². The molecule has 5 heteroatoms. The van der Waals surface area contributed by atoms with Crippen molar-refractivity contribution in [1.29, 1.82) is 0 Å². The quantitative estimate of drug-likeness (QED) is 0.748. The van der Waals surface area contributed by atoms with E-state index in [1.165, 1.54) is 0 Å². The molecule has 5 nitrogen and oxygen atoms in total. The van der Waals surface area contributed by atoms with Crippen LogP contribution in [0.25, 0.3) is 10.9 Å². The maximum absolute atomic E-state index is 12.3. The van der Waals surface area contributed by atoms with Crippen LogP contribution in [0.5, 0.6) is 0 Å². The summed E-state index contributed by atoms with van der Waals surface area (Å²) >= 11 is 0. The molecular formula is C20H21N3O2. The number of anilines is 1. The topological polar surface area (TPSA) is 74.8 Å². The molecule has 0 aliphatic rings. The second-order valence-corrected chi connectivity index (χ2v) is 6.32. The highest BCUT2D eigenvalue weighted by Gasteiger charge is 2.10. The van der Waals surface area contributed by atoms with Crippen LogP contribution in [-0.2, 0) is 11.2 Å². The number of fused-ring (bicyclic) bond motifs is 1. The Morgan fingerprint density at radius 3 is 2.64 bits per heavy atom. The molecule has 1 heterocycles. The number of aromatic amines is 1. The highest BCUT2D eigenvalue weighted by atomic mass is 16.1. The third kappa shape index (κ3) is 3.94.